The minimum absolute atomic E-state index is 1.07. The second-order valence-electron chi connectivity index (χ2n) is 1.01. The van der Waals surface area contributed by atoms with Gasteiger partial charge in [-0.2, -0.15) is 21.6 Å². The van der Waals surface area contributed by atoms with Crippen LogP contribution in [0.1, 0.15) is 0 Å². The van der Waals surface area contributed by atoms with Crippen LogP contribution in [-0.4, -0.2) is 19.3 Å². The van der Waals surface area contributed by atoms with Crippen LogP contribution in [0.5, 0.6) is 0 Å². The summed E-state index contributed by atoms with van der Waals surface area (Å²) in [6.45, 7) is 0. The molecular formula is CHF3NO3S. The fraction of sp³-hybridized carbons (Fsp3) is 1.00. The Bertz CT molecular complexity index is 180. The summed E-state index contributed by atoms with van der Waals surface area (Å²) in [7, 11) is -5.28. The largest absolute Gasteiger partial charge is 0.490 e. The van der Waals surface area contributed by atoms with Crippen molar-refractivity contribution in [1.82, 2.24) is 4.72 Å². The monoisotopic (exact) mass is 164 g/mol. The molecule has 0 aliphatic rings. The number of nitrogens with zero attached hydrogens (tertiary/aromatic N) is 1. The van der Waals surface area contributed by atoms with E-state index in [1.165, 1.54) is 0 Å². The lowest BCUT2D eigenvalue weighted by atomic mass is 11.3. The van der Waals surface area contributed by atoms with Crippen molar-refractivity contribution >= 4 is 10.3 Å². The van der Waals surface area contributed by atoms with Crippen LogP contribution in [-0.2, 0) is 10.3 Å². The highest BCUT2D eigenvalue weighted by Gasteiger charge is 2.35. The normalized spacial score (nSPS) is 13.8. The third kappa shape index (κ3) is 7.66. The van der Waals surface area contributed by atoms with Gasteiger partial charge in [0.1, 0.15) is 0 Å². The molecule has 1 radical (unpaired) electrons. The number of halogens is 3. The van der Waals surface area contributed by atoms with E-state index < -0.39 is 16.6 Å². The molecule has 0 unspecified atom stereocenters. The fourth-order valence-corrected chi connectivity index (χ4v) is 0.392. The van der Waals surface area contributed by atoms with Gasteiger partial charge in [-0.15, -0.1) is 0 Å². The molecule has 0 saturated heterocycles. The van der Waals surface area contributed by atoms with E-state index in [-0.39, 0.29) is 0 Å². The lowest BCUT2D eigenvalue weighted by Crippen LogP contribution is -2.29. The Labute approximate surface area is 48.5 Å². The predicted octanol–water partition coefficient (Wildman–Crippen LogP) is -0.0866. The Balaban J connectivity index is 4.07. The predicted molar refractivity (Wildman–Crippen MR) is 19.7 cm³/mol. The Morgan fingerprint density at radius 3 is 1.67 bits per heavy atom. The Kier molecular flexibility index (Phi) is 2.04. The molecule has 0 aromatic carbocycles. The first-order valence-corrected chi connectivity index (χ1v) is 2.89. The summed E-state index contributed by atoms with van der Waals surface area (Å²) in [5, 5.41) is 0. The number of hydrogen-bond donors (Lipinski definition) is 1. The first-order valence-electron chi connectivity index (χ1n) is 1.49. The quantitative estimate of drug-likeness (QED) is 0.435. The van der Waals surface area contributed by atoms with Gasteiger partial charge in [-0.3, -0.25) is 4.55 Å². The van der Waals surface area contributed by atoms with Gasteiger partial charge in [0.15, 0.2) is 0 Å². The van der Waals surface area contributed by atoms with Crippen molar-refractivity contribution in [2.45, 2.75) is 6.30 Å². The van der Waals surface area contributed by atoms with Crippen LogP contribution in [0.2, 0.25) is 0 Å². The highest BCUT2D eigenvalue weighted by atomic mass is 32.2. The van der Waals surface area contributed by atoms with E-state index >= 15 is 0 Å². The van der Waals surface area contributed by atoms with Gasteiger partial charge in [-0.1, -0.05) is 0 Å². The fourth-order valence-electron chi connectivity index (χ4n) is 0.131. The van der Waals surface area contributed by atoms with E-state index in [1.54, 1.807) is 0 Å². The average molecular weight is 164 g/mol. The molecule has 0 saturated carbocycles. The van der Waals surface area contributed by atoms with Crippen LogP contribution in [0.3, 0.4) is 0 Å². The maximum Gasteiger partial charge on any atom is 0.490 e. The molecule has 0 fully saturated rings. The first-order chi connectivity index (χ1) is 3.71. The molecule has 0 spiro atoms. The second kappa shape index (κ2) is 2.12. The van der Waals surface area contributed by atoms with E-state index in [9.17, 15) is 21.6 Å². The summed E-state index contributed by atoms with van der Waals surface area (Å²) >= 11 is 0. The molecule has 0 aliphatic heterocycles. The van der Waals surface area contributed by atoms with Crippen molar-refractivity contribution < 1.29 is 26.1 Å². The third-order valence-electron chi connectivity index (χ3n) is 0.219. The molecule has 0 aromatic rings. The van der Waals surface area contributed by atoms with Gasteiger partial charge in [-0.05, 0) is 0 Å². The van der Waals surface area contributed by atoms with Crippen LogP contribution < -0.4 is 4.72 Å². The zero-order valence-corrected chi connectivity index (χ0v) is 4.57. The van der Waals surface area contributed by atoms with Gasteiger partial charge in [-0.25, -0.2) is 0 Å². The molecule has 0 rings (SSSR count). The summed E-state index contributed by atoms with van der Waals surface area (Å²) in [4.78, 5) is 0. The third-order valence-corrected chi connectivity index (χ3v) is 0.657. The summed E-state index contributed by atoms with van der Waals surface area (Å²) in [6.07, 6.45) is -5.23. The van der Waals surface area contributed by atoms with E-state index in [0.717, 1.165) is 4.72 Å². The molecule has 0 amide bonds. The van der Waals surface area contributed by atoms with Gasteiger partial charge in [0.2, 0.25) is 0 Å². The number of hydrogen-bond acceptors (Lipinski definition) is 2. The van der Waals surface area contributed by atoms with Crippen LogP contribution in [0.4, 0.5) is 13.2 Å². The van der Waals surface area contributed by atoms with Gasteiger partial charge in [0.25, 0.3) is 0 Å². The zero-order valence-electron chi connectivity index (χ0n) is 3.75. The van der Waals surface area contributed by atoms with E-state index in [1.807, 2.05) is 0 Å². The van der Waals surface area contributed by atoms with Gasteiger partial charge >= 0.3 is 16.6 Å². The molecule has 0 aromatic heterocycles. The van der Waals surface area contributed by atoms with Crippen LogP contribution in [0, 0.1) is 0 Å². The van der Waals surface area contributed by atoms with E-state index in [0.29, 0.717) is 0 Å². The van der Waals surface area contributed by atoms with Crippen molar-refractivity contribution in [3.63, 3.8) is 0 Å². The smallest absolute Gasteiger partial charge is 0.272 e. The minimum Gasteiger partial charge on any atom is -0.272 e. The number of alkyl halides is 3. The lowest BCUT2D eigenvalue weighted by Gasteiger charge is -1.99. The van der Waals surface area contributed by atoms with Crippen LogP contribution >= 0.6 is 0 Å². The maximum absolute atomic E-state index is 10.8. The minimum atomic E-state index is -5.28. The molecule has 8 heteroatoms. The summed E-state index contributed by atoms with van der Waals surface area (Å²) in [5.74, 6) is 0. The van der Waals surface area contributed by atoms with E-state index in [2.05, 4.69) is 0 Å². The lowest BCUT2D eigenvalue weighted by molar-refractivity contribution is -0.142. The molecule has 0 atom stereocenters. The molecule has 0 aliphatic carbocycles. The van der Waals surface area contributed by atoms with Crippen LogP contribution in [0.15, 0.2) is 0 Å². The number of rotatable bonds is 1. The standard InChI is InChI=1S/CHF3NO3S/c2-1(3,4)5-9(6,7)8/h(H,6,7,8). The highest BCUT2D eigenvalue weighted by Crippen LogP contribution is 2.12. The second-order valence-corrected chi connectivity index (χ2v) is 2.09. The SMILES string of the molecule is O=S(=O)(O)[N]C(F)(F)F. The Morgan fingerprint density at radius 2 is 1.67 bits per heavy atom. The van der Waals surface area contributed by atoms with Crippen molar-refractivity contribution in [1.29, 1.82) is 0 Å². The zero-order chi connectivity index (χ0) is 7.71. The van der Waals surface area contributed by atoms with Crippen LogP contribution in [0.25, 0.3) is 0 Å². The topological polar surface area (TPSA) is 68.5 Å². The Morgan fingerprint density at radius 1 is 1.33 bits per heavy atom. The maximum atomic E-state index is 10.8. The van der Waals surface area contributed by atoms with Crippen molar-refractivity contribution in [3.8, 4) is 0 Å². The van der Waals surface area contributed by atoms with E-state index in [4.69, 9.17) is 4.55 Å². The summed E-state index contributed by atoms with van der Waals surface area (Å²) in [6, 6.07) is 0. The first kappa shape index (κ1) is 8.66. The van der Waals surface area contributed by atoms with Crippen molar-refractivity contribution in [2.24, 2.45) is 0 Å². The summed E-state index contributed by atoms with van der Waals surface area (Å²) in [5.41, 5.74) is 0. The molecule has 4 nitrogen and oxygen atoms in total. The molecule has 9 heavy (non-hydrogen) atoms. The molecule has 1 N–H and O–H groups in total. The average Bonchev–Trinajstić information content (AvgIpc) is 1.14. The van der Waals surface area contributed by atoms with Crippen molar-refractivity contribution in [3.05, 3.63) is 0 Å². The molecule has 0 bridgehead atoms. The molecule has 0 heterocycles. The van der Waals surface area contributed by atoms with Gasteiger partial charge in [0, 0.05) is 4.72 Å². The highest BCUT2D eigenvalue weighted by molar-refractivity contribution is 7.83. The summed E-state index contributed by atoms with van der Waals surface area (Å²) < 4.78 is 59.7. The van der Waals surface area contributed by atoms with Gasteiger partial charge in [0.05, 0.1) is 0 Å². The molecule has 55 valence electrons. The van der Waals surface area contributed by atoms with Crippen molar-refractivity contribution in [2.75, 3.05) is 0 Å². The van der Waals surface area contributed by atoms with Gasteiger partial charge < -0.3 is 0 Å². The Hall–Kier alpha value is -0.340. The molecular weight excluding hydrogens is 163 g/mol.